The van der Waals surface area contributed by atoms with E-state index in [9.17, 15) is 0 Å². The molecule has 0 amide bonds. The third kappa shape index (κ3) is 2.29. The molecule has 0 spiro atoms. The number of ether oxygens (including phenoxy) is 1. The van der Waals surface area contributed by atoms with Crippen molar-refractivity contribution in [3.05, 3.63) is 24.5 Å². The topological polar surface area (TPSA) is 87.3 Å². The number of rotatable bonds is 5. The molecule has 1 unspecified atom stereocenters. The number of nitrogens with two attached hydrogens (primary N) is 1. The highest BCUT2D eigenvalue weighted by atomic mass is 16.5. The van der Waals surface area contributed by atoms with E-state index in [-0.39, 0.29) is 6.04 Å². The van der Waals surface area contributed by atoms with Gasteiger partial charge in [-0.1, -0.05) is 5.16 Å². The van der Waals surface area contributed by atoms with Crippen molar-refractivity contribution in [1.29, 1.82) is 0 Å². The van der Waals surface area contributed by atoms with Gasteiger partial charge in [-0.25, -0.2) is 0 Å². The van der Waals surface area contributed by atoms with Crippen LogP contribution in [0.5, 0.6) is 0 Å². The number of aromatic nitrogens is 2. The average molecular weight is 223 g/mol. The molecular formula is C10H13N3O3. The van der Waals surface area contributed by atoms with Crippen LogP contribution in [-0.2, 0) is 4.74 Å². The molecule has 86 valence electrons. The first-order valence-electron chi connectivity index (χ1n) is 4.92. The summed E-state index contributed by atoms with van der Waals surface area (Å²) in [6.45, 7) is 0.560. The summed E-state index contributed by atoms with van der Waals surface area (Å²) in [4.78, 5) is 4.19. The van der Waals surface area contributed by atoms with Crippen LogP contribution in [0, 0.1) is 0 Å². The molecule has 2 aromatic heterocycles. The highest BCUT2D eigenvalue weighted by Gasteiger charge is 2.15. The Hall–Kier alpha value is -1.66. The molecule has 16 heavy (non-hydrogen) atoms. The Labute approximate surface area is 92.4 Å². The fourth-order valence-corrected chi connectivity index (χ4v) is 1.26. The highest BCUT2D eigenvalue weighted by molar-refractivity contribution is 5.51. The summed E-state index contributed by atoms with van der Waals surface area (Å²) < 4.78 is 14.9. The second-order valence-corrected chi connectivity index (χ2v) is 3.36. The highest BCUT2D eigenvalue weighted by Crippen LogP contribution is 2.19. The smallest absolute Gasteiger partial charge is 0.243 e. The van der Waals surface area contributed by atoms with Gasteiger partial charge in [0.25, 0.3) is 0 Å². The van der Waals surface area contributed by atoms with Crippen molar-refractivity contribution in [1.82, 2.24) is 10.1 Å². The fraction of sp³-hybridized carbons (Fsp3) is 0.400. The predicted octanol–water partition coefficient (Wildman–Crippen LogP) is 1.37. The van der Waals surface area contributed by atoms with Gasteiger partial charge < -0.3 is 19.4 Å². The standard InChI is InChI=1S/C10H13N3O3/c1-14-4-3-8(11)10-12-9(13-16-10)7-2-5-15-6-7/h2,5-6,8H,3-4,11H2,1H3. The largest absolute Gasteiger partial charge is 0.472 e. The Morgan fingerprint density at radius 1 is 1.56 bits per heavy atom. The first-order valence-corrected chi connectivity index (χ1v) is 4.92. The fourth-order valence-electron chi connectivity index (χ4n) is 1.26. The number of furan rings is 1. The quantitative estimate of drug-likeness (QED) is 0.823. The van der Waals surface area contributed by atoms with Crippen LogP contribution in [0.4, 0.5) is 0 Å². The molecule has 0 fully saturated rings. The lowest BCUT2D eigenvalue weighted by Gasteiger charge is -2.03. The zero-order chi connectivity index (χ0) is 11.4. The molecule has 1 atom stereocenters. The Balaban J connectivity index is 2.07. The van der Waals surface area contributed by atoms with Gasteiger partial charge in [-0.05, 0) is 12.5 Å². The van der Waals surface area contributed by atoms with Crippen molar-refractivity contribution in [2.75, 3.05) is 13.7 Å². The van der Waals surface area contributed by atoms with Crippen LogP contribution in [-0.4, -0.2) is 23.9 Å². The van der Waals surface area contributed by atoms with E-state index in [1.807, 2.05) is 0 Å². The van der Waals surface area contributed by atoms with Crippen LogP contribution in [0.15, 0.2) is 27.5 Å². The third-order valence-corrected chi connectivity index (χ3v) is 2.17. The summed E-state index contributed by atoms with van der Waals surface area (Å²) in [5.74, 6) is 0.893. The van der Waals surface area contributed by atoms with Crippen LogP contribution >= 0.6 is 0 Å². The number of hydrogen-bond acceptors (Lipinski definition) is 6. The molecule has 0 aliphatic heterocycles. The van der Waals surface area contributed by atoms with Crippen molar-refractivity contribution >= 4 is 0 Å². The van der Waals surface area contributed by atoms with Gasteiger partial charge in [-0.3, -0.25) is 0 Å². The van der Waals surface area contributed by atoms with E-state index in [1.54, 1.807) is 25.7 Å². The summed E-state index contributed by atoms with van der Waals surface area (Å²) in [6, 6.07) is 1.46. The van der Waals surface area contributed by atoms with Gasteiger partial charge in [-0.15, -0.1) is 0 Å². The minimum Gasteiger partial charge on any atom is -0.472 e. The van der Waals surface area contributed by atoms with Gasteiger partial charge >= 0.3 is 0 Å². The summed E-state index contributed by atoms with van der Waals surface area (Å²) in [6.07, 6.45) is 3.75. The van der Waals surface area contributed by atoms with Crippen LogP contribution in [0.3, 0.4) is 0 Å². The zero-order valence-electron chi connectivity index (χ0n) is 8.92. The maximum atomic E-state index is 5.85. The van der Waals surface area contributed by atoms with Crippen molar-refractivity contribution < 1.29 is 13.7 Å². The third-order valence-electron chi connectivity index (χ3n) is 2.17. The molecule has 0 aliphatic rings. The van der Waals surface area contributed by atoms with E-state index in [1.165, 1.54) is 0 Å². The summed E-state index contributed by atoms with van der Waals surface area (Å²) >= 11 is 0. The number of methoxy groups -OCH3 is 1. The summed E-state index contributed by atoms with van der Waals surface area (Å²) in [7, 11) is 1.62. The molecule has 2 heterocycles. The Morgan fingerprint density at radius 2 is 2.44 bits per heavy atom. The second kappa shape index (κ2) is 4.91. The molecule has 6 heteroatoms. The Morgan fingerprint density at radius 3 is 3.12 bits per heavy atom. The molecule has 0 aromatic carbocycles. The lowest BCUT2D eigenvalue weighted by Crippen LogP contribution is -2.12. The van der Waals surface area contributed by atoms with Gasteiger partial charge in [0.05, 0.1) is 17.9 Å². The zero-order valence-corrected chi connectivity index (χ0v) is 8.92. The minimum absolute atomic E-state index is 0.298. The normalized spacial score (nSPS) is 12.9. The molecule has 2 rings (SSSR count). The van der Waals surface area contributed by atoms with Crippen molar-refractivity contribution in [3.63, 3.8) is 0 Å². The van der Waals surface area contributed by atoms with E-state index >= 15 is 0 Å². The second-order valence-electron chi connectivity index (χ2n) is 3.36. The summed E-state index contributed by atoms with van der Waals surface area (Å²) in [5.41, 5.74) is 6.62. The van der Waals surface area contributed by atoms with Crippen LogP contribution < -0.4 is 5.73 Å². The molecule has 0 saturated heterocycles. The maximum Gasteiger partial charge on any atom is 0.243 e. The lowest BCUT2D eigenvalue weighted by atomic mass is 10.2. The summed E-state index contributed by atoms with van der Waals surface area (Å²) in [5, 5.41) is 3.82. The van der Waals surface area contributed by atoms with E-state index in [0.717, 1.165) is 5.56 Å². The Bertz CT molecular complexity index is 424. The SMILES string of the molecule is COCCC(N)c1nc(-c2ccoc2)no1. The van der Waals surface area contributed by atoms with Gasteiger partial charge in [0.15, 0.2) is 0 Å². The molecule has 2 aromatic rings. The molecular weight excluding hydrogens is 210 g/mol. The lowest BCUT2D eigenvalue weighted by molar-refractivity contribution is 0.182. The molecule has 0 saturated carbocycles. The van der Waals surface area contributed by atoms with E-state index in [0.29, 0.717) is 24.7 Å². The number of hydrogen-bond donors (Lipinski definition) is 1. The molecule has 0 aliphatic carbocycles. The maximum absolute atomic E-state index is 5.85. The van der Waals surface area contributed by atoms with Crippen LogP contribution in [0.25, 0.3) is 11.4 Å². The molecule has 0 bridgehead atoms. The molecule has 2 N–H and O–H groups in total. The van der Waals surface area contributed by atoms with Crippen molar-refractivity contribution in [3.8, 4) is 11.4 Å². The monoisotopic (exact) mass is 223 g/mol. The van der Waals surface area contributed by atoms with E-state index in [4.69, 9.17) is 19.4 Å². The van der Waals surface area contributed by atoms with Gasteiger partial charge in [-0.2, -0.15) is 4.98 Å². The van der Waals surface area contributed by atoms with E-state index in [2.05, 4.69) is 10.1 Å². The van der Waals surface area contributed by atoms with Crippen molar-refractivity contribution in [2.45, 2.75) is 12.5 Å². The number of nitrogens with zero attached hydrogens (tertiary/aromatic N) is 2. The molecule has 0 radical (unpaired) electrons. The van der Waals surface area contributed by atoms with Crippen LogP contribution in [0.1, 0.15) is 18.4 Å². The van der Waals surface area contributed by atoms with Gasteiger partial charge in [0.1, 0.15) is 6.26 Å². The average Bonchev–Trinajstić information content (AvgIpc) is 2.94. The van der Waals surface area contributed by atoms with Gasteiger partial charge in [0.2, 0.25) is 11.7 Å². The minimum atomic E-state index is -0.298. The first kappa shape index (κ1) is 10.8. The molecule has 6 nitrogen and oxygen atoms in total. The van der Waals surface area contributed by atoms with Crippen molar-refractivity contribution in [2.24, 2.45) is 5.73 Å². The van der Waals surface area contributed by atoms with Crippen LogP contribution in [0.2, 0.25) is 0 Å². The van der Waals surface area contributed by atoms with E-state index < -0.39 is 0 Å². The predicted molar refractivity (Wildman–Crippen MR) is 55.4 cm³/mol. The first-order chi connectivity index (χ1) is 7.81. The Kier molecular flexibility index (Phi) is 3.33. The van der Waals surface area contributed by atoms with Gasteiger partial charge in [0, 0.05) is 13.7 Å².